The molecule has 4 nitrogen and oxygen atoms in total. The van der Waals surface area contributed by atoms with E-state index in [1.807, 2.05) is 56.3 Å². The lowest BCUT2D eigenvalue weighted by Gasteiger charge is -2.19. The van der Waals surface area contributed by atoms with Gasteiger partial charge in [-0.25, -0.2) is 4.79 Å². The van der Waals surface area contributed by atoms with Gasteiger partial charge in [-0.05, 0) is 42.0 Å². The highest BCUT2D eigenvalue weighted by Gasteiger charge is 2.24. The minimum Gasteiger partial charge on any atom is -0.459 e. The highest BCUT2D eigenvalue weighted by molar-refractivity contribution is 9.09. The summed E-state index contributed by atoms with van der Waals surface area (Å²) >= 11 is 3.41. The molecule has 0 fully saturated rings. The summed E-state index contributed by atoms with van der Waals surface area (Å²) in [7, 11) is 0. The van der Waals surface area contributed by atoms with E-state index in [9.17, 15) is 9.59 Å². The van der Waals surface area contributed by atoms with Gasteiger partial charge in [0.05, 0.1) is 0 Å². The molecule has 2 aromatic rings. The number of nitrogens with one attached hydrogen (secondary N) is 1. The smallest absolute Gasteiger partial charge is 0.328 e. The Morgan fingerprint density at radius 1 is 1.00 bits per heavy atom. The van der Waals surface area contributed by atoms with E-state index in [2.05, 4.69) is 21.2 Å². The number of esters is 1. The lowest BCUT2D eigenvalue weighted by Crippen LogP contribution is -2.42. The second-order valence-corrected chi connectivity index (χ2v) is 7.68. The number of carbonyl (C=O) groups is 2. The second kappa shape index (κ2) is 10.9. The predicted octanol–water partition coefficient (Wildman–Crippen LogP) is 4.51. The zero-order chi connectivity index (χ0) is 19.6. The van der Waals surface area contributed by atoms with Crippen LogP contribution >= 0.6 is 15.9 Å². The van der Waals surface area contributed by atoms with Crippen molar-refractivity contribution in [3.63, 3.8) is 0 Å². The van der Waals surface area contributed by atoms with Gasteiger partial charge in [0, 0.05) is 10.9 Å². The Morgan fingerprint density at radius 2 is 1.67 bits per heavy atom. The van der Waals surface area contributed by atoms with Crippen LogP contribution in [0.3, 0.4) is 0 Å². The van der Waals surface area contributed by atoms with E-state index in [-0.39, 0.29) is 18.4 Å². The second-order valence-electron chi connectivity index (χ2n) is 6.88. The largest absolute Gasteiger partial charge is 0.459 e. The predicted molar refractivity (Wildman–Crippen MR) is 111 cm³/mol. The van der Waals surface area contributed by atoms with Gasteiger partial charge in [-0.1, -0.05) is 72.2 Å². The summed E-state index contributed by atoms with van der Waals surface area (Å²) in [6, 6.07) is 16.3. The van der Waals surface area contributed by atoms with Crippen LogP contribution in [-0.4, -0.2) is 23.2 Å². The first-order valence-corrected chi connectivity index (χ1v) is 10.3. The zero-order valence-electron chi connectivity index (χ0n) is 15.8. The van der Waals surface area contributed by atoms with Gasteiger partial charge in [-0.3, -0.25) is 4.79 Å². The fraction of sp³-hybridized carbons (Fsp3) is 0.364. The van der Waals surface area contributed by atoms with Crippen molar-refractivity contribution in [1.29, 1.82) is 0 Å². The number of hydrogen-bond acceptors (Lipinski definition) is 3. The topological polar surface area (TPSA) is 55.4 Å². The molecule has 144 valence electrons. The molecule has 0 saturated heterocycles. The molecule has 0 bridgehead atoms. The summed E-state index contributed by atoms with van der Waals surface area (Å²) in [4.78, 5) is 25.1. The van der Waals surface area contributed by atoms with Crippen molar-refractivity contribution in [3.8, 4) is 0 Å². The monoisotopic (exact) mass is 431 g/mol. The van der Waals surface area contributed by atoms with Crippen LogP contribution in [0, 0.1) is 5.92 Å². The van der Waals surface area contributed by atoms with Crippen molar-refractivity contribution in [2.24, 2.45) is 5.92 Å². The third-order valence-electron chi connectivity index (χ3n) is 4.12. The maximum absolute atomic E-state index is 12.6. The first kappa shape index (κ1) is 21.2. The van der Waals surface area contributed by atoms with Gasteiger partial charge in [0.25, 0.3) is 5.91 Å². The van der Waals surface area contributed by atoms with E-state index in [0.29, 0.717) is 12.0 Å². The number of halogens is 1. The molecule has 0 aromatic heterocycles. The number of ether oxygens (including phenoxy) is 1. The van der Waals surface area contributed by atoms with E-state index in [0.717, 1.165) is 22.9 Å². The van der Waals surface area contributed by atoms with Gasteiger partial charge < -0.3 is 10.1 Å². The van der Waals surface area contributed by atoms with E-state index >= 15 is 0 Å². The molecule has 0 heterocycles. The number of aryl methyl sites for hydroxylation is 1. The van der Waals surface area contributed by atoms with Crippen LogP contribution in [0.5, 0.6) is 0 Å². The molecule has 2 rings (SSSR count). The summed E-state index contributed by atoms with van der Waals surface area (Å²) in [5.41, 5.74) is 2.62. The molecule has 0 aliphatic carbocycles. The Hall–Kier alpha value is -2.14. The van der Waals surface area contributed by atoms with Crippen molar-refractivity contribution in [1.82, 2.24) is 5.32 Å². The van der Waals surface area contributed by atoms with E-state index in [4.69, 9.17) is 4.74 Å². The molecule has 2 aromatic carbocycles. The number of hydrogen-bond donors (Lipinski definition) is 1. The quantitative estimate of drug-likeness (QED) is 0.469. The fourth-order valence-corrected chi connectivity index (χ4v) is 3.15. The number of benzene rings is 2. The van der Waals surface area contributed by atoms with Crippen LogP contribution in [0.15, 0.2) is 54.6 Å². The fourth-order valence-electron chi connectivity index (χ4n) is 2.69. The summed E-state index contributed by atoms with van der Waals surface area (Å²) in [6.45, 7) is 4.22. The molecule has 5 heteroatoms. The minimum absolute atomic E-state index is 0.200. The Balaban J connectivity index is 1.99. The average molecular weight is 432 g/mol. The summed E-state index contributed by atoms with van der Waals surface area (Å²) in [5.74, 6) is -0.416. The molecular formula is C22H26BrNO3. The van der Waals surface area contributed by atoms with Gasteiger partial charge in [0.2, 0.25) is 0 Å². The van der Waals surface area contributed by atoms with Crippen LogP contribution < -0.4 is 5.32 Å². The highest BCUT2D eigenvalue weighted by atomic mass is 79.9. The number of amides is 1. The van der Waals surface area contributed by atoms with Gasteiger partial charge in [0.15, 0.2) is 0 Å². The van der Waals surface area contributed by atoms with Crippen LogP contribution in [0.2, 0.25) is 0 Å². The van der Waals surface area contributed by atoms with E-state index in [1.165, 1.54) is 0 Å². The standard InChI is InChI=1S/C22H26BrNO3/c1-16(2)14-20(22(26)27-15-18-6-4-3-5-7-18)24-21(25)19-10-8-17(9-11-19)12-13-23/h3-11,16,20H,12-15H2,1-2H3,(H,24,25)/t20-/m0/s1. The maximum Gasteiger partial charge on any atom is 0.328 e. The summed E-state index contributed by atoms with van der Waals surface area (Å²) in [6.07, 6.45) is 1.44. The van der Waals surface area contributed by atoms with Gasteiger partial charge >= 0.3 is 5.97 Å². The molecule has 0 aliphatic rings. The molecule has 0 unspecified atom stereocenters. The normalized spacial score (nSPS) is 11.9. The SMILES string of the molecule is CC(C)C[C@H](NC(=O)c1ccc(CCBr)cc1)C(=O)OCc1ccccc1. The third-order valence-corrected chi connectivity index (χ3v) is 4.52. The number of alkyl halides is 1. The Morgan fingerprint density at radius 3 is 2.26 bits per heavy atom. The van der Waals surface area contributed by atoms with Crippen molar-refractivity contribution in [2.45, 2.75) is 39.3 Å². The Bertz CT molecular complexity index is 729. The van der Waals surface area contributed by atoms with Crippen molar-refractivity contribution < 1.29 is 14.3 Å². The van der Waals surface area contributed by atoms with Crippen LogP contribution in [0.4, 0.5) is 0 Å². The van der Waals surface area contributed by atoms with Crippen molar-refractivity contribution >= 4 is 27.8 Å². The van der Waals surface area contributed by atoms with E-state index in [1.54, 1.807) is 12.1 Å². The Labute approximate surface area is 169 Å². The lowest BCUT2D eigenvalue weighted by atomic mass is 10.0. The van der Waals surface area contributed by atoms with Crippen LogP contribution in [-0.2, 0) is 22.6 Å². The summed E-state index contributed by atoms with van der Waals surface area (Å²) in [5, 5.41) is 3.71. The lowest BCUT2D eigenvalue weighted by molar-refractivity contribution is -0.147. The van der Waals surface area contributed by atoms with Gasteiger partial charge in [-0.2, -0.15) is 0 Å². The van der Waals surface area contributed by atoms with Crippen LogP contribution in [0.25, 0.3) is 0 Å². The van der Waals surface area contributed by atoms with Crippen molar-refractivity contribution in [2.75, 3.05) is 5.33 Å². The first-order chi connectivity index (χ1) is 13.0. The minimum atomic E-state index is -0.663. The van der Waals surface area contributed by atoms with Crippen molar-refractivity contribution in [3.05, 3.63) is 71.3 Å². The molecule has 1 N–H and O–H groups in total. The zero-order valence-corrected chi connectivity index (χ0v) is 17.4. The molecule has 0 saturated carbocycles. The van der Waals surface area contributed by atoms with Gasteiger partial charge in [-0.15, -0.1) is 0 Å². The molecule has 1 amide bonds. The third kappa shape index (κ3) is 7.18. The van der Waals surface area contributed by atoms with E-state index < -0.39 is 12.0 Å². The average Bonchev–Trinajstić information content (AvgIpc) is 2.67. The molecule has 0 radical (unpaired) electrons. The molecule has 0 aliphatic heterocycles. The van der Waals surface area contributed by atoms with Gasteiger partial charge in [0.1, 0.15) is 12.6 Å². The molecule has 27 heavy (non-hydrogen) atoms. The highest BCUT2D eigenvalue weighted by Crippen LogP contribution is 2.11. The maximum atomic E-state index is 12.6. The molecule has 1 atom stereocenters. The number of rotatable bonds is 9. The molecule has 0 spiro atoms. The molecular weight excluding hydrogens is 406 g/mol. The Kier molecular flexibility index (Phi) is 8.52. The number of carbonyl (C=O) groups excluding carboxylic acids is 2. The summed E-state index contributed by atoms with van der Waals surface area (Å²) < 4.78 is 5.42. The first-order valence-electron chi connectivity index (χ1n) is 9.16. The van der Waals surface area contributed by atoms with Crippen LogP contribution in [0.1, 0.15) is 41.8 Å².